The molecule has 2 aromatic carbocycles. The van der Waals surface area contributed by atoms with Crippen LogP contribution in [0.25, 0.3) is 0 Å². The van der Waals surface area contributed by atoms with E-state index in [2.05, 4.69) is 5.32 Å². The molecule has 2 aromatic rings. The van der Waals surface area contributed by atoms with Crippen molar-refractivity contribution in [1.82, 2.24) is 5.32 Å². The summed E-state index contributed by atoms with van der Waals surface area (Å²) in [6.07, 6.45) is 0.181. The zero-order valence-corrected chi connectivity index (χ0v) is 11.4. The van der Waals surface area contributed by atoms with Gasteiger partial charge in [-0.25, -0.2) is 13.2 Å². The Kier molecular flexibility index (Phi) is 4.45. The second kappa shape index (κ2) is 6.09. The maximum atomic E-state index is 14.1. The van der Waals surface area contributed by atoms with Gasteiger partial charge < -0.3 is 5.32 Å². The van der Waals surface area contributed by atoms with Crippen LogP contribution in [0.1, 0.15) is 22.7 Å². The molecule has 0 heterocycles. The Balaban J connectivity index is 2.39. The minimum atomic E-state index is -0.621. The van der Waals surface area contributed by atoms with E-state index >= 15 is 0 Å². The molecule has 0 fully saturated rings. The van der Waals surface area contributed by atoms with Crippen molar-refractivity contribution in [1.29, 1.82) is 0 Å². The fourth-order valence-electron chi connectivity index (χ4n) is 2.23. The fourth-order valence-corrected chi connectivity index (χ4v) is 2.23. The van der Waals surface area contributed by atoms with E-state index in [1.807, 2.05) is 0 Å². The number of halogens is 3. The topological polar surface area (TPSA) is 12.0 Å². The molecule has 4 heteroatoms. The van der Waals surface area contributed by atoms with Gasteiger partial charge in [0.25, 0.3) is 0 Å². The molecule has 106 valence electrons. The van der Waals surface area contributed by atoms with E-state index in [1.165, 1.54) is 18.2 Å². The van der Waals surface area contributed by atoms with Crippen molar-refractivity contribution in [2.75, 3.05) is 7.05 Å². The largest absolute Gasteiger partial charge is 0.313 e. The predicted octanol–water partition coefficient (Wildman–Crippen LogP) is 3.92. The first-order valence-electron chi connectivity index (χ1n) is 6.39. The van der Waals surface area contributed by atoms with Gasteiger partial charge in [-0.3, -0.25) is 0 Å². The van der Waals surface area contributed by atoms with Crippen molar-refractivity contribution in [3.8, 4) is 0 Å². The summed E-state index contributed by atoms with van der Waals surface area (Å²) in [6.45, 7) is 1.58. The summed E-state index contributed by atoms with van der Waals surface area (Å²) >= 11 is 0. The smallest absolute Gasteiger partial charge is 0.133 e. The molecule has 1 N–H and O–H groups in total. The van der Waals surface area contributed by atoms with Crippen LogP contribution in [0, 0.1) is 24.4 Å². The Bertz CT molecular complexity index is 611. The first-order chi connectivity index (χ1) is 9.54. The average Bonchev–Trinajstić information content (AvgIpc) is 2.44. The second-order valence-corrected chi connectivity index (χ2v) is 4.73. The molecule has 0 bridgehead atoms. The molecule has 2 rings (SSSR count). The van der Waals surface area contributed by atoms with Gasteiger partial charge in [0.05, 0.1) is 0 Å². The number of nitrogens with one attached hydrogen (secondary N) is 1. The third kappa shape index (κ3) is 2.85. The molecule has 0 saturated heterocycles. The standard InChI is InChI=1S/C16H16F3N/c1-10-7-8-13(18)15(16(10)19)14(20-2)9-11-5-3-4-6-12(11)17/h3-8,14,20H,9H2,1-2H3. The van der Waals surface area contributed by atoms with Crippen LogP contribution in [0.4, 0.5) is 13.2 Å². The summed E-state index contributed by atoms with van der Waals surface area (Å²) in [4.78, 5) is 0. The summed E-state index contributed by atoms with van der Waals surface area (Å²) < 4.78 is 41.7. The van der Waals surface area contributed by atoms with E-state index in [0.29, 0.717) is 11.1 Å². The summed E-state index contributed by atoms with van der Waals surface area (Å²) in [5, 5.41) is 2.86. The Morgan fingerprint density at radius 1 is 1.00 bits per heavy atom. The van der Waals surface area contributed by atoms with Gasteiger partial charge in [0.2, 0.25) is 0 Å². The third-order valence-corrected chi connectivity index (χ3v) is 3.40. The third-order valence-electron chi connectivity index (χ3n) is 3.40. The average molecular weight is 279 g/mol. The number of rotatable bonds is 4. The van der Waals surface area contributed by atoms with Crippen molar-refractivity contribution >= 4 is 0 Å². The molecule has 0 spiro atoms. The molecule has 20 heavy (non-hydrogen) atoms. The number of aryl methyl sites for hydroxylation is 1. The maximum Gasteiger partial charge on any atom is 0.133 e. The van der Waals surface area contributed by atoms with Crippen molar-refractivity contribution in [3.63, 3.8) is 0 Å². The molecule has 0 aromatic heterocycles. The minimum Gasteiger partial charge on any atom is -0.313 e. The van der Waals surface area contributed by atoms with E-state index in [0.717, 1.165) is 0 Å². The van der Waals surface area contributed by atoms with Gasteiger partial charge in [-0.2, -0.15) is 0 Å². The highest BCUT2D eigenvalue weighted by Crippen LogP contribution is 2.26. The molecule has 0 aliphatic heterocycles. The minimum absolute atomic E-state index is 0.0456. The number of likely N-dealkylation sites (N-methyl/N-ethyl adjacent to an activating group) is 1. The highest BCUT2D eigenvalue weighted by atomic mass is 19.1. The van der Waals surface area contributed by atoms with Gasteiger partial charge in [-0.05, 0) is 43.7 Å². The molecule has 0 aliphatic rings. The molecule has 1 unspecified atom stereocenters. The van der Waals surface area contributed by atoms with Crippen LogP contribution in [-0.4, -0.2) is 7.05 Å². The van der Waals surface area contributed by atoms with Crippen LogP contribution in [-0.2, 0) is 6.42 Å². The highest BCUT2D eigenvalue weighted by Gasteiger charge is 2.21. The lowest BCUT2D eigenvalue weighted by molar-refractivity contribution is 0.479. The van der Waals surface area contributed by atoms with Crippen LogP contribution < -0.4 is 5.32 Å². The van der Waals surface area contributed by atoms with E-state index in [-0.39, 0.29) is 17.8 Å². The molecular formula is C16H16F3N. The lowest BCUT2D eigenvalue weighted by atomic mass is 9.96. The van der Waals surface area contributed by atoms with Crippen LogP contribution in [0.15, 0.2) is 36.4 Å². The van der Waals surface area contributed by atoms with Crippen LogP contribution in [0.2, 0.25) is 0 Å². The first-order valence-corrected chi connectivity index (χ1v) is 6.39. The van der Waals surface area contributed by atoms with Crippen molar-refractivity contribution < 1.29 is 13.2 Å². The number of benzene rings is 2. The molecule has 0 radical (unpaired) electrons. The van der Waals surface area contributed by atoms with Gasteiger partial charge in [0, 0.05) is 11.6 Å². The normalized spacial score (nSPS) is 12.4. The molecule has 0 amide bonds. The van der Waals surface area contributed by atoms with E-state index in [9.17, 15) is 13.2 Å². The summed E-state index contributed by atoms with van der Waals surface area (Å²) in [5.74, 6) is -1.58. The number of hydrogen-bond donors (Lipinski definition) is 1. The summed E-state index contributed by atoms with van der Waals surface area (Å²) in [5.41, 5.74) is 0.748. The zero-order valence-electron chi connectivity index (χ0n) is 11.4. The molecule has 1 atom stereocenters. The fraction of sp³-hybridized carbons (Fsp3) is 0.250. The molecule has 0 saturated carbocycles. The van der Waals surface area contributed by atoms with Crippen LogP contribution >= 0.6 is 0 Å². The first kappa shape index (κ1) is 14.6. The Labute approximate surface area is 116 Å². The molecular weight excluding hydrogens is 263 g/mol. The molecule has 0 aliphatic carbocycles. The summed E-state index contributed by atoms with van der Waals surface area (Å²) in [7, 11) is 1.60. The Morgan fingerprint density at radius 2 is 1.70 bits per heavy atom. The maximum absolute atomic E-state index is 14.1. The predicted molar refractivity (Wildman–Crippen MR) is 73.0 cm³/mol. The van der Waals surface area contributed by atoms with Gasteiger partial charge in [0.15, 0.2) is 0 Å². The Hall–Kier alpha value is -1.81. The molecule has 1 nitrogen and oxygen atoms in total. The quantitative estimate of drug-likeness (QED) is 0.894. The number of hydrogen-bond acceptors (Lipinski definition) is 1. The monoisotopic (exact) mass is 279 g/mol. The van der Waals surface area contributed by atoms with E-state index in [1.54, 1.807) is 32.2 Å². The van der Waals surface area contributed by atoms with Crippen LogP contribution in [0.5, 0.6) is 0 Å². The van der Waals surface area contributed by atoms with Crippen molar-refractivity contribution in [2.45, 2.75) is 19.4 Å². The van der Waals surface area contributed by atoms with Crippen LogP contribution in [0.3, 0.4) is 0 Å². The van der Waals surface area contributed by atoms with Gasteiger partial charge >= 0.3 is 0 Å². The van der Waals surface area contributed by atoms with E-state index < -0.39 is 17.7 Å². The lowest BCUT2D eigenvalue weighted by Gasteiger charge is -2.19. The Morgan fingerprint density at radius 3 is 2.35 bits per heavy atom. The van der Waals surface area contributed by atoms with Gasteiger partial charge in [-0.1, -0.05) is 24.3 Å². The second-order valence-electron chi connectivity index (χ2n) is 4.73. The van der Waals surface area contributed by atoms with Gasteiger partial charge in [0.1, 0.15) is 17.5 Å². The van der Waals surface area contributed by atoms with Gasteiger partial charge in [-0.15, -0.1) is 0 Å². The zero-order chi connectivity index (χ0) is 14.7. The lowest BCUT2D eigenvalue weighted by Crippen LogP contribution is -2.22. The van der Waals surface area contributed by atoms with Crippen molar-refractivity contribution in [3.05, 3.63) is 70.5 Å². The summed E-state index contributed by atoms with van der Waals surface area (Å²) in [6, 6.07) is 8.25. The highest BCUT2D eigenvalue weighted by molar-refractivity contribution is 5.31. The van der Waals surface area contributed by atoms with E-state index in [4.69, 9.17) is 0 Å². The SMILES string of the molecule is CNC(Cc1ccccc1F)c1c(F)ccc(C)c1F. The van der Waals surface area contributed by atoms with Crippen molar-refractivity contribution in [2.24, 2.45) is 0 Å².